The van der Waals surface area contributed by atoms with Crippen LogP contribution in [0.2, 0.25) is 0 Å². The highest BCUT2D eigenvalue weighted by Gasteiger charge is 2.14. The van der Waals surface area contributed by atoms with Gasteiger partial charge in [-0.1, -0.05) is 17.8 Å². The number of nitro benzene ring substituents is 1. The van der Waals surface area contributed by atoms with E-state index in [0.29, 0.717) is 11.0 Å². The summed E-state index contributed by atoms with van der Waals surface area (Å²) < 4.78 is 5.46. The fourth-order valence-corrected chi connectivity index (χ4v) is 2.45. The summed E-state index contributed by atoms with van der Waals surface area (Å²) in [6, 6.07) is 4.76. The minimum Gasteiger partial charge on any atom is -0.437 e. The molecule has 0 fully saturated rings. The second-order valence-electron chi connectivity index (χ2n) is 4.16. The van der Waals surface area contributed by atoms with Crippen LogP contribution in [-0.4, -0.2) is 9.91 Å². The first-order chi connectivity index (χ1) is 9.51. The van der Waals surface area contributed by atoms with Gasteiger partial charge in [0.25, 0.3) is 10.9 Å². The molecule has 0 aliphatic rings. The molecule has 1 aromatic carbocycles. The molecule has 1 aromatic heterocycles. The predicted octanol–water partition coefficient (Wildman–Crippen LogP) is 2.78. The lowest BCUT2D eigenvalue weighted by molar-refractivity contribution is -0.384. The number of hydrogen-bond donors (Lipinski definition) is 2. The molecule has 0 unspecified atom stereocenters. The van der Waals surface area contributed by atoms with Crippen molar-refractivity contribution in [2.45, 2.75) is 24.8 Å². The standard InChI is InChI=1S/C12H14N4O3S/c1-7-8(2)19-12(14-7)20-6-9-3-4-11(16(17)18)10(5-9)15-13/h3-5,15H,6,13H2,1-2H3. The Bertz CT molecular complexity index is 622. The molecular weight excluding hydrogens is 280 g/mol. The van der Waals surface area contributed by atoms with E-state index in [1.54, 1.807) is 12.1 Å². The van der Waals surface area contributed by atoms with Gasteiger partial charge in [-0.25, -0.2) is 4.98 Å². The van der Waals surface area contributed by atoms with Crippen LogP contribution in [0.3, 0.4) is 0 Å². The number of oxazole rings is 1. The molecule has 3 N–H and O–H groups in total. The smallest absolute Gasteiger partial charge is 0.293 e. The van der Waals surface area contributed by atoms with E-state index in [0.717, 1.165) is 17.0 Å². The van der Waals surface area contributed by atoms with Gasteiger partial charge in [0.2, 0.25) is 0 Å². The third-order valence-corrected chi connectivity index (χ3v) is 3.68. The number of aromatic nitrogens is 1. The van der Waals surface area contributed by atoms with Gasteiger partial charge in [-0.05, 0) is 25.5 Å². The van der Waals surface area contributed by atoms with Crippen LogP contribution in [0.25, 0.3) is 0 Å². The maximum atomic E-state index is 10.8. The molecule has 0 aliphatic carbocycles. The van der Waals surface area contributed by atoms with Crippen molar-refractivity contribution in [3.05, 3.63) is 45.3 Å². The largest absolute Gasteiger partial charge is 0.437 e. The third-order valence-electron chi connectivity index (χ3n) is 2.78. The number of hydrazine groups is 1. The molecule has 1 heterocycles. The van der Waals surface area contributed by atoms with E-state index in [2.05, 4.69) is 10.4 Å². The Kier molecular flexibility index (Phi) is 4.26. The van der Waals surface area contributed by atoms with Crippen molar-refractivity contribution >= 4 is 23.1 Å². The number of nitrogen functional groups attached to an aromatic ring is 1. The fraction of sp³-hybridized carbons (Fsp3) is 0.250. The van der Waals surface area contributed by atoms with Crippen LogP contribution in [0.4, 0.5) is 11.4 Å². The van der Waals surface area contributed by atoms with Gasteiger partial charge in [0.1, 0.15) is 11.4 Å². The summed E-state index contributed by atoms with van der Waals surface area (Å²) >= 11 is 1.43. The number of benzene rings is 1. The monoisotopic (exact) mass is 294 g/mol. The molecule has 2 rings (SSSR count). The number of hydrogen-bond acceptors (Lipinski definition) is 7. The summed E-state index contributed by atoms with van der Waals surface area (Å²) in [4.78, 5) is 14.6. The highest BCUT2D eigenvalue weighted by molar-refractivity contribution is 7.98. The molecule has 8 heteroatoms. The Morgan fingerprint density at radius 2 is 2.25 bits per heavy atom. The van der Waals surface area contributed by atoms with Crippen molar-refractivity contribution in [1.82, 2.24) is 4.98 Å². The molecule has 0 bridgehead atoms. The van der Waals surface area contributed by atoms with Crippen LogP contribution >= 0.6 is 11.8 Å². The van der Waals surface area contributed by atoms with Crippen LogP contribution in [0, 0.1) is 24.0 Å². The Hall–Kier alpha value is -2.06. The normalized spacial score (nSPS) is 10.6. The second kappa shape index (κ2) is 5.93. The van der Waals surface area contributed by atoms with Crippen LogP contribution in [0.5, 0.6) is 0 Å². The molecule has 0 amide bonds. The average Bonchev–Trinajstić information content (AvgIpc) is 2.75. The molecule has 0 radical (unpaired) electrons. The molecule has 2 aromatic rings. The molecule has 0 atom stereocenters. The summed E-state index contributed by atoms with van der Waals surface area (Å²) in [5.41, 5.74) is 4.32. The minimum atomic E-state index is -0.479. The van der Waals surface area contributed by atoms with Crippen LogP contribution in [0.15, 0.2) is 27.8 Å². The quantitative estimate of drug-likeness (QED) is 0.378. The summed E-state index contributed by atoms with van der Waals surface area (Å²) in [6.45, 7) is 3.74. The maximum Gasteiger partial charge on any atom is 0.293 e. The molecule has 0 aliphatic heterocycles. The van der Waals surface area contributed by atoms with Crippen molar-refractivity contribution < 1.29 is 9.34 Å². The van der Waals surface area contributed by atoms with E-state index in [1.165, 1.54) is 17.8 Å². The van der Waals surface area contributed by atoms with Gasteiger partial charge in [-0.15, -0.1) is 0 Å². The zero-order valence-electron chi connectivity index (χ0n) is 11.0. The number of nitrogens with zero attached hydrogens (tertiary/aromatic N) is 2. The van der Waals surface area contributed by atoms with Gasteiger partial charge in [0.15, 0.2) is 0 Å². The zero-order chi connectivity index (χ0) is 14.7. The Balaban J connectivity index is 2.12. The molecule has 106 valence electrons. The number of nitrogens with two attached hydrogens (primary N) is 1. The van der Waals surface area contributed by atoms with Crippen molar-refractivity contribution in [2.24, 2.45) is 5.84 Å². The summed E-state index contributed by atoms with van der Waals surface area (Å²) in [5.74, 6) is 6.68. The molecule has 7 nitrogen and oxygen atoms in total. The number of anilines is 1. The van der Waals surface area contributed by atoms with E-state index in [1.807, 2.05) is 13.8 Å². The predicted molar refractivity (Wildman–Crippen MR) is 76.4 cm³/mol. The van der Waals surface area contributed by atoms with Crippen LogP contribution < -0.4 is 11.3 Å². The molecular formula is C12H14N4O3S. The van der Waals surface area contributed by atoms with Gasteiger partial charge < -0.3 is 9.84 Å². The lowest BCUT2D eigenvalue weighted by Crippen LogP contribution is -2.09. The van der Waals surface area contributed by atoms with Gasteiger partial charge in [-0.2, -0.15) is 0 Å². The van der Waals surface area contributed by atoms with Crippen molar-refractivity contribution in [3.63, 3.8) is 0 Å². The first-order valence-electron chi connectivity index (χ1n) is 5.82. The highest BCUT2D eigenvalue weighted by atomic mass is 32.2. The maximum absolute atomic E-state index is 10.8. The zero-order valence-corrected chi connectivity index (χ0v) is 11.9. The van der Waals surface area contributed by atoms with Crippen LogP contribution in [-0.2, 0) is 5.75 Å². The molecule has 0 saturated heterocycles. The minimum absolute atomic E-state index is 0.0518. The van der Waals surface area contributed by atoms with Gasteiger partial charge >= 0.3 is 0 Å². The van der Waals surface area contributed by atoms with E-state index < -0.39 is 4.92 Å². The first kappa shape index (κ1) is 14.4. The van der Waals surface area contributed by atoms with Gasteiger partial charge in [0.05, 0.1) is 10.6 Å². The van der Waals surface area contributed by atoms with Crippen molar-refractivity contribution in [3.8, 4) is 0 Å². The summed E-state index contributed by atoms with van der Waals surface area (Å²) in [6.07, 6.45) is 0. The summed E-state index contributed by atoms with van der Waals surface area (Å²) in [5, 5.41) is 11.4. The number of nitro groups is 1. The molecule has 0 spiro atoms. The van der Waals surface area contributed by atoms with E-state index in [4.69, 9.17) is 10.3 Å². The average molecular weight is 294 g/mol. The molecule has 20 heavy (non-hydrogen) atoms. The third kappa shape index (κ3) is 3.09. The highest BCUT2D eigenvalue weighted by Crippen LogP contribution is 2.29. The second-order valence-corrected chi connectivity index (χ2v) is 5.09. The summed E-state index contributed by atoms with van der Waals surface area (Å²) in [7, 11) is 0. The Morgan fingerprint density at radius 3 is 2.80 bits per heavy atom. The van der Waals surface area contributed by atoms with Crippen molar-refractivity contribution in [1.29, 1.82) is 0 Å². The topological polar surface area (TPSA) is 107 Å². The number of thioether (sulfide) groups is 1. The lowest BCUT2D eigenvalue weighted by atomic mass is 10.2. The number of aryl methyl sites for hydroxylation is 2. The SMILES string of the molecule is Cc1nc(SCc2ccc([N+](=O)[O-])c(NN)c2)oc1C. The fourth-order valence-electron chi connectivity index (χ4n) is 1.60. The molecule has 0 saturated carbocycles. The first-order valence-corrected chi connectivity index (χ1v) is 6.80. The number of nitrogens with one attached hydrogen (secondary N) is 1. The van der Waals surface area contributed by atoms with Crippen LogP contribution in [0.1, 0.15) is 17.0 Å². The van der Waals surface area contributed by atoms with E-state index >= 15 is 0 Å². The Morgan fingerprint density at radius 1 is 1.50 bits per heavy atom. The Labute approximate surface area is 119 Å². The lowest BCUT2D eigenvalue weighted by Gasteiger charge is -2.04. The van der Waals surface area contributed by atoms with E-state index in [-0.39, 0.29) is 11.4 Å². The number of rotatable bonds is 5. The van der Waals surface area contributed by atoms with Gasteiger partial charge in [0, 0.05) is 11.8 Å². The van der Waals surface area contributed by atoms with E-state index in [9.17, 15) is 10.1 Å². The van der Waals surface area contributed by atoms with Gasteiger partial charge in [-0.3, -0.25) is 16.0 Å². The van der Waals surface area contributed by atoms with Crippen molar-refractivity contribution in [2.75, 3.05) is 5.43 Å².